The minimum absolute atomic E-state index is 0.186. The molecule has 1 amide bonds. The van der Waals surface area contributed by atoms with E-state index >= 15 is 0 Å². The predicted octanol–water partition coefficient (Wildman–Crippen LogP) is 3.18. The molecule has 0 radical (unpaired) electrons. The van der Waals surface area contributed by atoms with Crippen LogP contribution in [0.2, 0.25) is 0 Å². The van der Waals surface area contributed by atoms with Gasteiger partial charge in [0.05, 0.1) is 23.3 Å². The maximum atomic E-state index is 12.9. The molecular formula is C18H20N4OS. The van der Waals surface area contributed by atoms with E-state index in [1.54, 1.807) is 11.3 Å². The van der Waals surface area contributed by atoms with Crippen molar-refractivity contribution in [3.8, 4) is 0 Å². The van der Waals surface area contributed by atoms with E-state index in [9.17, 15) is 4.79 Å². The molecule has 3 aromatic rings. The minimum Gasteiger partial charge on any atom is -0.331 e. The van der Waals surface area contributed by atoms with Crippen LogP contribution < -0.4 is 0 Å². The van der Waals surface area contributed by atoms with Crippen molar-refractivity contribution in [3.05, 3.63) is 52.1 Å². The van der Waals surface area contributed by atoms with Gasteiger partial charge in [-0.3, -0.25) is 4.79 Å². The summed E-state index contributed by atoms with van der Waals surface area (Å²) in [4.78, 5) is 20.5. The number of rotatable bonds is 3. The molecule has 1 fully saturated rings. The second-order valence-corrected chi connectivity index (χ2v) is 7.60. The van der Waals surface area contributed by atoms with Crippen molar-refractivity contribution in [2.45, 2.75) is 38.6 Å². The molecule has 5 nitrogen and oxygen atoms in total. The Morgan fingerprint density at radius 1 is 1.42 bits per heavy atom. The zero-order chi connectivity index (χ0) is 16.7. The number of aromatic nitrogens is 3. The fourth-order valence-electron chi connectivity index (χ4n) is 3.70. The van der Waals surface area contributed by atoms with Gasteiger partial charge in [0.1, 0.15) is 0 Å². The number of amides is 1. The van der Waals surface area contributed by atoms with Crippen LogP contribution in [0.25, 0.3) is 5.65 Å². The van der Waals surface area contributed by atoms with Crippen molar-refractivity contribution < 1.29 is 4.79 Å². The number of hydrogen-bond acceptors (Lipinski definition) is 4. The van der Waals surface area contributed by atoms with Gasteiger partial charge in [-0.05, 0) is 44.2 Å². The van der Waals surface area contributed by atoms with Crippen LogP contribution in [0.3, 0.4) is 0 Å². The lowest BCUT2D eigenvalue weighted by molar-refractivity contribution is -0.134. The third-order valence-corrected chi connectivity index (χ3v) is 5.76. The largest absolute Gasteiger partial charge is 0.331 e. The number of hydrogen-bond donors (Lipinski definition) is 0. The van der Waals surface area contributed by atoms with Crippen LogP contribution in [0, 0.1) is 6.92 Å². The van der Waals surface area contributed by atoms with E-state index in [2.05, 4.69) is 17.0 Å². The molecule has 4 rings (SSSR count). The first-order valence-electron chi connectivity index (χ1n) is 8.23. The van der Waals surface area contributed by atoms with Crippen molar-refractivity contribution in [2.75, 3.05) is 6.54 Å². The van der Waals surface area contributed by atoms with Gasteiger partial charge in [-0.15, -0.1) is 11.3 Å². The second-order valence-electron chi connectivity index (χ2n) is 6.56. The lowest BCUT2D eigenvalue weighted by atomic mass is 9.93. The summed E-state index contributed by atoms with van der Waals surface area (Å²) in [6, 6.07) is 7.99. The normalized spacial score (nSPS) is 20.8. The Morgan fingerprint density at radius 3 is 3.08 bits per heavy atom. The lowest BCUT2D eigenvalue weighted by Gasteiger charge is -2.35. The smallest absolute Gasteiger partial charge is 0.228 e. The van der Waals surface area contributed by atoms with Gasteiger partial charge < -0.3 is 4.90 Å². The molecule has 0 unspecified atom stereocenters. The average molecular weight is 340 g/mol. The number of carbonyl (C=O) groups is 1. The summed E-state index contributed by atoms with van der Waals surface area (Å²) < 4.78 is 1.89. The monoisotopic (exact) mass is 340 g/mol. The third-order valence-electron chi connectivity index (χ3n) is 4.88. The first-order chi connectivity index (χ1) is 11.6. The van der Waals surface area contributed by atoms with Crippen molar-refractivity contribution in [1.29, 1.82) is 0 Å². The summed E-state index contributed by atoms with van der Waals surface area (Å²) in [6.45, 7) is 4.91. The number of likely N-dealkylation sites (tertiary alicyclic amines) is 1. The molecule has 0 aromatic carbocycles. The molecule has 1 atom stereocenters. The molecule has 1 aliphatic rings. The van der Waals surface area contributed by atoms with Gasteiger partial charge in [-0.1, -0.05) is 6.07 Å². The maximum Gasteiger partial charge on any atom is 0.228 e. The van der Waals surface area contributed by atoms with Gasteiger partial charge in [0.25, 0.3) is 0 Å². The van der Waals surface area contributed by atoms with Gasteiger partial charge >= 0.3 is 0 Å². The van der Waals surface area contributed by atoms with E-state index in [0.717, 1.165) is 41.3 Å². The predicted molar refractivity (Wildman–Crippen MR) is 94.0 cm³/mol. The van der Waals surface area contributed by atoms with Gasteiger partial charge in [0.15, 0.2) is 5.65 Å². The molecule has 6 heteroatoms. The van der Waals surface area contributed by atoms with E-state index in [1.165, 1.54) is 0 Å². The van der Waals surface area contributed by atoms with E-state index in [-0.39, 0.29) is 11.4 Å². The van der Waals surface area contributed by atoms with E-state index in [1.807, 2.05) is 52.2 Å². The van der Waals surface area contributed by atoms with Crippen molar-refractivity contribution >= 4 is 22.9 Å². The molecule has 1 aliphatic heterocycles. The molecule has 0 spiro atoms. The zero-order valence-corrected chi connectivity index (χ0v) is 14.7. The molecule has 1 saturated heterocycles. The Balaban J connectivity index is 1.72. The van der Waals surface area contributed by atoms with Crippen LogP contribution in [-0.4, -0.2) is 31.9 Å². The molecular weight excluding hydrogens is 320 g/mol. The van der Waals surface area contributed by atoms with Crippen LogP contribution in [0.15, 0.2) is 35.8 Å². The summed E-state index contributed by atoms with van der Waals surface area (Å²) in [6.07, 6.45) is 4.24. The molecule has 0 saturated carbocycles. The lowest BCUT2D eigenvalue weighted by Crippen LogP contribution is -2.44. The summed E-state index contributed by atoms with van der Waals surface area (Å²) in [5.74, 6) is 0.186. The molecule has 24 heavy (non-hydrogen) atoms. The van der Waals surface area contributed by atoms with Gasteiger partial charge in [0, 0.05) is 23.7 Å². The highest BCUT2D eigenvalue weighted by molar-refractivity contribution is 7.10. The molecule has 4 heterocycles. The van der Waals surface area contributed by atoms with Gasteiger partial charge in [0.2, 0.25) is 5.91 Å². The number of thiophene rings is 1. The third kappa shape index (κ3) is 2.41. The van der Waals surface area contributed by atoms with E-state index in [0.29, 0.717) is 6.42 Å². The Morgan fingerprint density at radius 2 is 2.29 bits per heavy atom. The van der Waals surface area contributed by atoms with Gasteiger partial charge in [-0.2, -0.15) is 5.10 Å². The summed E-state index contributed by atoms with van der Waals surface area (Å²) in [7, 11) is 0. The Bertz CT molecular complexity index is 886. The number of carbonyl (C=O) groups excluding carboxylic acids is 1. The van der Waals surface area contributed by atoms with Crippen LogP contribution in [0.4, 0.5) is 0 Å². The average Bonchev–Trinajstić information content (AvgIpc) is 3.25. The maximum absolute atomic E-state index is 12.9. The standard InChI is InChI=1S/C18H20N4OS/c1-13-11-16-19-8-6-15(22(16)20-13)18(2)7-4-9-21(18)17(23)12-14-5-3-10-24-14/h3,5-6,8,10-11H,4,7,9,12H2,1-2H3/t18-/m0/s1. The molecule has 0 aliphatic carbocycles. The summed E-state index contributed by atoms with van der Waals surface area (Å²) in [5, 5.41) is 6.61. The highest BCUT2D eigenvalue weighted by Gasteiger charge is 2.42. The highest BCUT2D eigenvalue weighted by atomic mass is 32.1. The van der Waals surface area contributed by atoms with E-state index < -0.39 is 0 Å². The second kappa shape index (κ2) is 5.70. The van der Waals surface area contributed by atoms with Crippen molar-refractivity contribution in [3.63, 3.8) is 0 Å². The molecule has 3 aromatic heterocycles. The fourth-order valence-corrected chi connectivity index (χ4v) is 4.40. The van der Waals surface area contributed by atoms with Crippen LogP contribution in [0.5, 0.6) is 0 Å². The Labute approximate surface area is 144 Å². The topological polar surface area (TPSA) is 50.5 Å². The van der Waals surface area contributed by atoms with Gasteiger partial charge in [-0.25, -0.2) is 9.50 Å². The SMILES string of the molecule is Cc1cc2nccc([C@]3(C)CCCN3C(=O)Cc3cccs3)n2n1. The van der Waals surface area contributed by atoms with Crippen molar-refractivity contribution in [1.82, 2.24) is 19.5 Å². The fraction of sp³-hybridized carbons (Fsp3) is 0.389. The summed E-state index contributed by atoms with van der Waals surface area (Å²) in [5.41, 5.74) is 2.47. The molecule has 0 N–H and O–H groups in total. The van der Waals surface area contributed by atoms with Crippen LogP contribution in [0.1, 0.15) is 36.0 Å². The Hall–Kier alpha value is -2.21. The molecule has 124 valence electrons. The number of fused-ring (bicyclic) bond motifs is 1. The summed E-state index contributed by atoms with van der Waals surface area (Å²) >= 11 is 1.64. The Kier molecular flexibility index (Phi) is 3.64. The quantitative estimate of drug-likeness (QED) is 0.736. The first kappa shape index (κ1) is 15.3. The number of nitrogens with zero attached hydrogens (tertiary/aromatic N) is 4. The minimum atomic E-state index is -0.339. The number of aryl methyl sites for hydroxylation is 1. The van der Waals surface area contributed by atoms with E-state index in [4.69, 9.17) is 0 Å². The zero-order valence-electron chi connectivity index (χ0n) is 13.9. The molecule has 0 bridgehead atoms. The highest BCUT2D eigenvalue weighted by Crippen LogP contribution is 2.38. The van der Waals surface area contributed by atoms with Crippen molar-refractivity contribution in [2.24, 2.45) is 0 Å². The first-order valence-corrected chi connectivity index (χ1v) is 9.11. The van der Waals surface area contributed by atoms with Crippen LogP contribution >= 0.6 is 11.3 Å². The van der Waals surface area contributed by atoms with Crippen LogP contribution in [-0.2, 0) is 16.8 Å².